The number of para-hydroxylation sites is 1. The molecule has 0 saturated heterocycles. The van der Waals surface area contributed by atoms with Crippen molar-refractivity contribution in [3.05, 3.63) is 77.8 Å². The monoisotopic (exact) mass is 358 g/mol. The quantitative estimate of drug-likeness (QED) is 0.590. The first-order valence-electron chi connectivity index (χ1n) is 8.69. The molecule has 134 valence electrons. The molecule has 0 aliphatic carbocycles. The highest BCUT2D eigenvalue weighted by molar-refractivity contribution is 5.97. The first kappa shape index (κ1) is 16.8. The third-order valence-electron chi connectivity index (χ3n) is 4.29. The van der Waals surface area contributed by atoms with Gasteiger partial charge in [0.05, 0.1) is 12.3 Å². The summed E-state index contributed by atoms with van der Waals surface area (Å²) in [4.78, 5) is 16.6. The lowest BCUT2D eigenvalue weighted by atomic mass is 10.1. The summed E-state index contributed by atoms with van der Waals surface area (Å²) in [5.74, 6) is 0.00170. The van der Waals surface area contributed by atoms with Crippen LogP contribution in [0.25, 0.3) is 21.7 Å². The molecular formula is C22H18N2O3. The highest BCUT2D eigenvalue weighted by atomic mass is 16.5. The Labute approximate surface area is 155 Å². The minimum absolute atomic E-state index is 0.165. The van der Waals surface area contributed by atoms with Crippen LogP contribution < -0.4 is 16.0 Å². The molecule has 1 aromatic heterocycles. The number of ether oxygens (including phenoxy) is 1. The van der Waals surface area contributed by atoms with Crippen molar-refractivity contribution in [2.45, 2.75) is 6.92 Å². The van der Waals surface area contributed by atoms with Crippen LogP contribution in [0.15, 0.2) is 76.1 Å². The van der Waals surface area contributed by atoms with E-state index < -0.39 is 5.91 Å². The maximum atomic E-state index is 12.0. The SMILES string of the molecule is CCOc1cccc2cc(C(N)=O)c(=Nc3cccc4ccccc34)oc12. The van der Waals surface area contributed by atoms with Gasteiger partial charge in [0.2, 0.25) is 5.55 Å². The molecule has 4 rings (SSSR count). The highest BCUT2D eigenvalue weighted by Crippen LogP contribution is 2.27. The lowest BCUT2D eigenvalue weighted by molar-refractivity contribution is 0.0996. The van der Waals surface area contributed by atoms with E-state index in [0.717, 1.165) is 16.2 Å². The summed E-state index contributed by atoms with van der Waals surface area (Å²) >= 11 is 0. The van der Waals surface area contributed by atoms with Crippen molar-refractivity contribution in [1.82, 2.24) is 0 Å². The molecule has 0 aliphatic rings. The second kappa shape index (κ2) is 6.96. The minimum atomic E-state index is -0.596. The van der Waals surface area contributed by atoms with Crippen molar-refractivity contribution < 1.29 is 13.9 Å². The van der Waals surface area contributed by atoms with E-state index in [-0.39, 0.29) is 11.1 Å². The molecule has 5 nitrogen and oxygen atoms in total. The number of carbonyl (C=O) groups excluding carboxylic acids is 1. The molecule has 5 heteroatoms. The number of hydrogen-bond acceptors (Lipinski definition) is 4. The number of carbonyl (C=O) groups is 1. The van der Waals surface area contributed by atoms with Crippen LogP contribution >= 0.6 is 0 Å². The summed E-state index contributed by atoms with van der Waals surface area (Å²) < 4.78 is 11.6. The largest absolute Gasteiger partial charge is 0.490 e. The summed E-state index contributed by atoms with van der Waals surface area (Å²) in [7, 11) is 0. The maximum absolute atomic E-state index is 12.0. The Kier molecular flexibility index (Phi) is 4.34. The number of amides is 1. The van der Waals surface area contributed by atoms with E-state index in [1.807, 2.05) is 67.6 Å². The van der Waals surface area contributed by atoms with Gasteiger partial charge in [0, 0.05) is 10.8 Å². The number of hydrogen-bond donors (Lipinski definition) is 1. The van der Waals surface area contributed by atoms with Gasteiger partial charge in [0.25, 0.3) is 5.91 Å². The average molecular weight is 358 g/mol. The van der Waals surface area contributed by atoms with Crippen LogP contribution in [0.2, 0.25) is 0 Å². The zero-order valence-corrected chi connectivity index (χ0v) is 14.8. The first-order chi connectivity index (χ1) is 13.2. The topological polar surface area (TPSA) is 77.8 Å². The van der Waals surface area contributed by atoms with Crippen LogP contribution in [0, 0.1) is 0 Å². The lowest BCUT2D eigenvalue weighted by Crippen LogP contribution is -2.21. The molecule has 0 unspecified atom stereocenters. The van der Waals surface area contributed by atoms with E-state index in [0.29, 0.717) is 23.6 Å². The second-order valence-electron chi connectivity index (χ2n) is 6.05. The Bertz CT molecular complexity index is 1220. The van der Waals surface area contributed by atoms with Crippen LogP contribution in [0.5, 0.6) is 5.75 Å². The standard InChI is InChI=1S/C22H18N2O3/c1-2-26-19-12-6-9-15-13-17(21(23)25)22(27-20(15)19)24-18-11-5-8-14-7-3-4-10-16(14)18/h3-13H,2H2,1H3,(H2,23,25). The fourth-order valence-corrected chi connectivity index (χ4v) is 3.07. The minimum Gasteiger partial charge on any atom is -0.490 e. The zero-order chi connectivity index (χ0) is 18.8. The van der Waals surface area contributed by atoms with Crippen molar-refractivity contribution in [1.29, 1.82) is 0 Å². The van der Waals surface area contributed by atoms with E-state index in [2.05, 4.69) is 4.99 Å². The molecule has 0 aliphatic heterocycles. The van der Waals surface area contributed by atoms with Gasteiger partial charge in [-0.3, -0.25) is 4.79 Å². The predicted octanol–water partition coefficient (Wildman–Crippen LogP) is 4.32. The normalized spacial score (nSPS) is 11.8. The average Bonchev–Trinajstić information content (AvgIpc) is 2.68. The highest BCUT2D eigenvalue weighted by Gasteiger charge is 2.13. The molecule has 4 aromatic rings. The van der Waals surface area contributed by atoms with E-state index in [1.54, 1.807) is 6.07 Å². The van der Waals surface area contributed by atoms with Gasteiger partial charge in [-0.15, -0.1) is 0 Å². The van der Waals surface area contributed by atoms with Gasteiger partial charge in [0.15, 0.2) is 11.3 Å². The van der Waals surface area contributed by atoms with Crippen LogP contribution in [-0.4, -0.2) is 12.5 Å². The number of rotatable bonds is 4. The number of nitrogens with two attached hydrogens (primary N) is 1. The molecule has 3 aromatic carbocycles. The van der Waals surface area contributed by atoms with Gasteiger partial charge in [0.1, 0.15) is 5.56 Å². The van der Waals surface area contributed by atoms with Crippen LogP contribution in [0.1, 0.15) is 17.3 Å². The molecule has 0 atom stereocenters. The van der Waals surface area contributed by atoms with E-state index in [4.69, 9.17) is 14.9 Å². The van der Waals surface area contributed by atoms with E-state index >= 15 is 0 Å². The van der Waals surface area contributed by atoms with Crippen molar-refractivity contribution in [2.75, 3.05) is 6.61 Å². The fourth-order valence-electron chi connectivity index (χ4n) is 3.07. The third kappa shape index (κ3) is 3.15. The molecule has 27 heavy (non-hydrogen) atoms. The van der Waals surface area contributed by atoms with Crippen LogP contribution in [-0.2, 0) is 0 Å². The molecule has 0 radical (unpaired) electrons. The van der Waals surface area contributed by atoms with Crippen LogP contribution in [0.4, 0.5) is 5.69 Å². The van der Waals surface area contributed by atoms with Crippen molar-refractivity contribution in [2.24, 2.45) is 10.7 Å². The predicted molar refractivity (Wildman–Crippen MR) is 105 cm³/mol. The van der Waals surface area contributed by atoms with E-state index in [9.17, 15) is 4.79 Å². The summed E-state index contributed by atoms with van der Waals surface area (Å²) in [6.45, 7) is 2.40. The molecule has 1 amide bonds. The smallest absolute Gasteiger partial charge is 0.254 e. The number of nitrogens with zero attached hydrogens (tertiary/aromatic N) is 1. The van der Waals surface area contributed by atoms with Gasteiger partial charge in [-0.1, -0.05) is 48.5 Å². The van der Waals surface area contributed by atoms with E-state index in [1.165, 1.54) is 0 Å². The first-order valence-corrected chi connectivity index (χ1v) is 8.69. The lowest BCUT2D eigenvalue weighted by Gasteiger charge is -2.08. The Morgan fingerprint density at radius 3 is 2.59 bits per heavy atom. The molecule has 0 fully saturated rings. The second-order valence-corrected chi connectivity index (χ2v) is 6.05. The Morgan fingerprint density at radius 1 is 1.04 bits per heavy atom. The van der Waals surface area contributed by atoms with Crippen molar-refractivity contribution >= 4 is 33.3 Å². The third-order valence-corrected chi connectivity index (χ3v) is 4.29. The number of benzene rings is 3. The zero-order valence-electron chi connectivity index (χ0n) is 14.8. The molecule has 0 saturated carbocycles. The Morgan fingerprint density at radius 2 is 1.78 bits per heavy atom. The Hall–Kier alpha value is -3.60. The maximum Gasteiger partial charge on any atom is 0.254 e. The molecule has 2 N–H and O–H groups in total. The molecule has 1 heterocycles. The molecule has 0 spiro atoms. The molecular weight excluding hydrogens is 340 g/mol. The van der Waals surface area contributed by atoms with Crippen molar-refractivity contribution in [3.63, 3.8) is 0 Å². The fraction of sp³-hybridized carbons (Fsp3) is 0.0909. The molecule has 0 bridgehead atoms. The summed E-state index contributed by atoms with van der Waals surface area (Å²) in [6.07, 6.45) is 0. The van der Waals surface area contributed by atoms with Crippen molar-refractivity contribution in [3.8, 4) is 5.75 Å². The summed E-state index contributed by atoms with van der Waals surface area (Å²) in [5.41, 5.74) is 7.20. The van der Waals surface area contributed by atoms with Gasteiger partial charge in [-0.05, 0) is 30.5 Å². The van der Waals surface area contributed by atoms with Gasteiger partial charge in [-0.2, -0.15) is 0 Å². The Balaban J connectivity index is 2.04. The summed E-state index contributed by atoms with van der Waals surface area (Å²) in [5, 5.41) is 2.74. The van der Waals surface area contributed by atoms with Gasteiger partial charge < -0.3 is 14.9 Å². The van der Waals surface area contributed by atoms with Gasteiger partial charge in [-0.25, -0.2) is 4.99 Å². The summed E-state index contributed by atoms with van der Waals surface area (Å²) in [6, 6.07) is 20.9. The number of primary amides is 1. The van der Waals surface area contributed by atoms with Gasteiger partial charge >= 0.3 is 0 Å². The number of fused-ring (bicyclic) bond motifs is 2. The van der Waals surface area contributed by atoms with Crippen LogP contribution in [0.3, 0.4) is 0 Å².